The second-order valence-electron chi connectivity index (χ2n) is 16.1. The third-order valence-electron chi connectivity index (χ3n) is 10.5. The molecule has 2 fully saturated rings. The van der Waals surface area contributed by atoms with Crippen LogP contribution in [0.3, 0.4) is 0 Å². The molecule has 2 aliphatic heterocycles. The zero-order valence-corrected chi connectivity index (χ0v) is 33.2. The Morgan fingerprint density at radius 3 is 1.24 bits per heavy atom. The number of unbranched alkanes of at least 4 members (excludes halogenated alkanes) is 3. The Morgan fingerprint density at radius 1 is 0.574 bits per heavy atom. The summed E-state index contributed by atoms with van der Waals surface area (Å²) < 4.78 is 21.9. The lowest BCUT2D eigenvalue weighted by atomic mass is 9.72. The summed E-state index contributed by atoms with van der Waals surface area (Å²) in [5, 5.41) is 20.3. The molecule has 54 heavy (non-hydrogen) atoms. The summed E-state index contributed by atoms with van der Waals surface area (Å²) in [5.74, 6) is -2.55. The van der Waals surface area contributed by atoms with Crippen molar-refractivity contribution in [1.29, 1.82) is 10.5 Å². The number of hydrogen-bond acceptors (Lipinski definition) is 12. The van der Waals surface area contributed by atoms with Crippen molar-refractivity contribution in [3.05, 3.63) is 44.8 Å². The van der Waals surface area contributed by atoms with Crippen molar-refractivity contribution < 1.29 is 38.1 Å². The summed E-state index contributed by atoms with van der Waals surface area (Å²) in [6.07, 6.45) is 8.47. The number of ether oxygens (including phenoxy) is 4. The van der Waals surface area contributed by atoms with Crippen LogP contribution < -0.4 is 0 Å². The summed E-state index contributed by atoms with van der Waals surface area (Å²) in [5.41, 5.74) is 2.23. The van der Waals surface area contributed by atoms with Crippen molar-refractivity contribution in [2.45, 2.75) is 119 Å². The first-order valence-corrected chi connectivity index (χ1v) is 19.7. The maximum atomic E-state index is 13.3. The number of carbonyl (C=O) groups is 4. The molecule has 4 rings (SSSR count). The van der Waals surface area contributed by atoms with Gasteiger partial charge in [-0.05, 0) is 113 Å². The van der Waals surface area contributed by atoms with E-state index in [0.29, 0.717) is 73.7 Å². The monoisotopic (exact) mass is 746 g/mol. The molecule has 12 nitrogen and oxygen atoms in total. The number of nitrogens with zero attached hydrogens (tertiary/aromatic N) is 4. The van der Waals surface area contributed by atoms with Crippen molar-refractivity contribution >= 4 is 23.9 Å². The first-order valence-electron chi connectivity index (χ1n) is 19.7. The van der Waals surface area contributed by atoms with Crippen molar-refractivity contribution in [1.82, 2.24) is 9.80 Å². The molecule has 0 atom stereocenters. The average molecular weight is 747 g/mol. The molecule has 0 aromatic rings. The zero-order valence-electron chi connectivity index (χ0n) is 33.2. The van der Waals surface area contributed by atoms with E-state index in [1.807, 2.05) is 12.1 Å². The summed E-state index contributed by atoms with van der Waals surface area (Å²) >= 11 is 0. The van der Waals surface area contributed by atoms with Gasteiger partial charge in [0.15, 0.2) is 0 Å². The van der Waals surface area contributed by atoms with E-state index in [2.05, 4.69) is 37.5 Å². The van der Waals surface area contributed by atoms with Crippen LogP contribution in [0.25, 0.3) is 0 Å². The molecule has 0 bridgehead atoms. The van der Waals surface area contributed by atoms with Crippen LogP contribution in [0.4, 0.5) is 0 Å². The number of rotatable bonds is 15. The molecule has 0 aromatic carbocycles. The average Bonchev–Trinajstić information content (AvgIpc) is 3.85. The van der Waals surface area contributed by atoms with Crippen molar-refractivity contribution in [3.8, 4) is 12.1 Å². The predicted octanol–water partition coefficient (Wildman–Crippen LogP) is 6.74. The molecule has 0 unspecified atom stereocenters. The maximum Gasteiger partial charge on any atom is 0.349 e. The van der Waals surface area contributed by atoms with Gasteiger partial charge in [0.25, 0.3) is 0 Å². The van der Waals surface area contributed by atoms with Crippen molar-refractivity contribution in [2.75, 3.05) is 52.6 Å². The smallest absolute Gasteiger partial charge is 0.349 e. The SMILES string of the molecule is CCOC(=O)C1=C(N2CCCC2)CC(C)(C)C/C1=C(/C#N)C(=O)OCCCCCCOC(=O)/C(C#N)=C1\CC(C)(C)CC(N2CCCC2)=C1C(=O)OCC. The minimum Gasteiger partial charge on any atom is -0.462 e. The summed E-state index contributed by atoms with van der Waals surface area (Å²) in [4.78, 5) is 57.5. The fourth-order valence-electron chi connectivity index (χ4n) is 8.02. The van der Waals surface area contributed by atoms with E-state index in [0.717, 1.165) is 63.3 Å². The van der Waals surface area contributed by atoms with Gasteiger partial charge in [-0.15, -0.1) is 0 Å². The van der Waals surface area contributed by atoms with Crippen LogP contribution in [0.1, 0.15) is 119 Å². The quantitative estimate of drug-likeness (QED) is 0.0572. The van der Waals surface area contributed by atoms with Crippen molar-refractivity contribution in [2.24, 2.45) is 10.8 Å². The van der Waals surface area contributed by atoms with Gasteiger partial charge < -0.3 is 28.7 Å². The van der Waals surface area contributed by atoms with Crippen molar-refractivity contribution in [3.63, 3.8) is 0 Å². The molecule has 2 aliphatic carbocycles. The minimum absolute atomic E-state index is 0.0840. The first-order chi connectivity index (χ1) is 25.8. The number of likely N-dealkylation sites (tertiary alicyclic amines) is 2. The van der Waals surface area contributed by atoms with E-state index in [1.165, 1.54) is 0 Å². The topological polar surface area (TPSA) is 159 Å². The van der Waals surface area contributed by atoms with Crippen LogP contribution in [0.5, 0.6) is 0 Å². The largest absolute Gasteiger partial charge is 0.462 e. The molecule has 0 N–H and O–H groups in total. The van der Waals surface area contributed by atoms with Gasteiger partial charge in [0.05, 0.1) is 37.6 Å². The zero-order chi connectivity index (χ0) is 39.5. The summed E-state index contributed by atoms with van der Waals surface area (Å²) in [6.45, 7) is 15.5. The Balaban J connectivity index is 1.36. The molecule has 0 saturated carbocycles. The Kier molecular flexibility index (Phi) is 14.9. The maximum absolute atomic E-state index is 13.3. The van der Waals surface area contributed by atoms with E-state index in [4.69, 9.17) is 18.9 Å². The fraction of sp³-hybridized carbons (Fsp3) is 0.667. The standard InChI is InChI=1S/C42H58N4O8/c1-7-51-39(49)35-29(23-41(3,4)25-33(35)45-17-11-12-18-45)31(27-43)37(47)53-21-15-9-10-16-22-54-38(48)32(28-44)30-24-42(5,6)26-34(46-19-13-14-20-46)36(30)40(50)52-8-2/h7-26H2,1-6H3/b31-29+,32-30+. The van der Waals surface area contributed by atoms with Gasteiger partial charge in [-0.2, -0.15) is 10.5 Å². The first kappa shape index (κ1) is 42.2. The second kappa shape index (κ2) is 19.1. The number of esters is 4. The lowest BCUT2D eigenvalue weighted by molar-refractivity contribution is -0.140. The summed E-state index contributed by atoms with van der Waals surface area (Å²) in [6, 6.07) is 4.08. The molecule has 12 heteroatoms. The van der Waals surface area contributed by atoms with Crippen LogP contribution in [0.2, 0.25) is 0 Å². The minimum atomic E-state index is -0.756. The van der Waals surface area contributed by atoms with Gasteiger partial charge in [-0.3, -0.25) is 0 Å². The second-order valence-corrected chi connectivity index (χ2v) is 16.1. The third kappa shape index (κ3) is 10.5. The molecule has 0 aromatic heterocycles. The van der Waals surface area contributed by atoms with Gasteiger partial charge in [-0.25, -0.2) is 19.2 Å². The number of nitriles is 2. The number of allylic oxidation sites excluding steroid dienone is 2. The van der Waals surface area contributed by atoms with E-state index in [-0.39, 0.29) is 48.4 Å². The normalized spacial score (nSPS) is 21.3. The van der Waals surface area contributed by atoms with Crippen LogP contribution >= 0.6 is 0 Å². The molecule has 0 amide bonds. The van der Waals surface area contributed by atoms with Gasteiger partial charge in [0.1, 0.15) is 23.3 Å². The van der Waals surface area contributed by atoms with Gasteiger partial charge >= 0.3 is 23.9 Å². The van der Waals surface area contributed by atoms with Crippen LogP contribution in [0, 0.1) is 33.5 Å². The Labute approximate surface area is 320 Å². The Bertz CT molecular complexity index is 1530. The lowest BCUT2D eigenvalue weighted by Gasteiger charge is -2.38. The number of carbonyl (C=O) groups excluding carboxylic acids is 4. The van der Waals surface area contributed by atoms with E-state index in [9.17, 15) is 29.7 Å². The molecule has 4 aliphatic rings. The van der Waals surface area contributed by atoms with Crippen LogP contribution in [-0.2, 0) is 38.1 Å². The van der Waals surface area contributed by atoms with Gasteiger partial charge in [0.2, 0.25) is 0 Å². The molecule has 2 saturated heterocycles. The molecule has 0 spiro atoms. The molecule has 0 radical (unpaired) electrons. The molecule has 294 valence electrons. The van der Waals surface area contributed by atoms with Gasteiger partial charge in [-0.1, -0.05) is 27.7 Å². The Hall–Kier alpha value is -4.58. The highest BCUT2D eigenvalue weighted by atomic mass is 16.5. The highest BCUT2D eigenvalue weighted by molar-refractivity contribution is 6.02. The van der Waals surface area contributed by atoms with E-state index in [1.54, 1.807) is 13.8 Å². The third-order valence-corrected chi connectivity index (χ3v) is 10.5. The highest BCUT2D eigenvalue weighted by Gasteiger charge is 2.41. The van der Waals surface area contributed by atoms with Crippen LogP contribution in [-0.4, -0.2) is 86.3 Å². The lowest BCUT2D eigenvalue weighted by Crippen LogP contribution is -2.33. The molecular weight excluding hydrogens is 688 g/mol. The Morgan fingerprint density at radius 2 is 0.926 bits per heavy atom. The predicted molar refractivity (Wildman–Crippen MR) is 201 cm³/mol. The highest BCUT2D eigenvalue weighted by Crippen LogP contribution is 2.47. The van der Waals surface area contributed by atoms with E-state index < -0.39 is 23.9 Å². The summed E-state index contributed by atoms with van der Waals surface area (Å²) in [7, 11) is 0. The fourth-order valence-corrected chi connectivity index (χ4v) is 8.02. The number of hydrogen-bond donors (Lipinski definition) is 0. The van der Waals surface area contributed by atoms with Gasteiger partial charge in [0, 0.05) is 37.6 Å². The van der Waals surface area contributed by atoms with Crippen LogP contribution in [0.15, 0.2) is 44.8 Å². The molecular formula is C42H58N4O8. The van der Waals surface area contributed by atoms with E-state index >= 15 is 0 Å². The molecule has 2 heterocycles.